The van der Waals surface area contributed by atoms with Crippen LogP contribution < -0.4 is 0 Å². The molecule has 0 unspecified atom stereocenters. The van der Waals surface area contributed by atoms with Crippen LogP contribution in [0.5, 0.6) is 0 Å². The summed E-state index contributed by atoms with van der Waals surface area (Å²) in [7, 11) is 0. The van der Waals surface area contributed by atoms with Crippen molar-refractivity contribution >= 4 is 11.8 Å². The van der Waals surface area contributed by atoms with Crippen LogP contribution in [0.1, 0.15) is 18.4 Å². The third-order valence-corrected chi connectivity index (χ3v) is 4.10. The molecule has 0 bridgehead atoms. The van der Waals surface area contributed by atoms with Gasteiger partial charge in [0.25, 0.3) is 5.69 Å². The van der Waals surface area contributed by atoms with Crippen molar-refractivity contribution in [2.24, 2.45) is 0 Å². The summed E-state index contributed by atoms with van der Waals surface area (Å²) in [5.74, 6) is -0.426. The second-order valence-corrected chi connectivity index (χ2v) is 5.66. The molecule has 2 aliphatic heterocycles. The van der Waals surface area contributed by atoms with E-state index in [0.717, 1.165) is 32.5 Å². The Bertz CT molecular complexity index is 567. The van der Waals surface area contributed by atoms with Crippen LogP contribution in [-0.4, -0.2) is 48.5 Å². The molecule has 0 saturated carbocycles. The number of hydrogen-bond donors (Lipinski definition) is 0. The molecule has 1 aromatic carbocycles. The lowest BCUT2D eigenvalue weighted by Crippen LogP contribution is -2.48. The van der Waals surface area contributed by atoms with Crippen LogP contribution in [0, 0.1) is 10.1 Å². The number of benzene rings is 1. The average molecular weight is 304 g/mol. The number of para-hydroxylation sites is 1. The summed E-state index contributed by atoms with van der Waals surface area (Å²) in [5.41, 5.74) is 0.768. The van der Waals surface area contributed by atoms with E-state index in [2.05, 4.69) is 4.90 Å². The first-order chi connectivity index (χ1) is 10.7. The van der Waals surface area contributed by atoms with Crippen LogP contribution in [-0.2, 0) is 9.47 Å². The Morgan fingerprint density at radius 2 is 2.09 bits per heavy atom. The molecule has 0 aliphatic carbocycles. The molecule has 2 heterocycles. The number of nitro benzene ring substituents is 1. The molecule has 6 heteroatoms. The number of nitro groups is 1. The molecule has 3 rings (SSSR count). The minimum Gasteiger partial charge on any atom is -0.346 e. The van der Waals surface area contributed by atoms with E-state index in [1.165, 1.54) is 6.07 Å². The standard InChI is InChI=1S/C16H20N2O4/c19-18(20)15-7-2-1-5-14(15)6-3-9-17-10-4-8-16(13-17)21-11-12-22-16/h1-3,5-7H,4,8-13H2. The van der Waals surface area contributed by atoms with Crippen molar-refractivity contribution in [3.63, 3.8) is 0 Å². The largest absolute Gasteiger partial charge is 0.346 e. The lowest BCUT2D eigenvalue weighted by Gasteiger charge is -2.38. The van der Waals surface area contributed by atoms with Crippen molar-refractivity contribution in [2.45, 2.75) is 18.6 Å². The zero-order chi connectivity index (χ0) is 15.4. The van der Waals surface area contributed by atoms with Gasteiger partial charge >= 0.3 is 0 Å². The molecule has 22 heavy (non-hydrogen) atoms. The van der Waals surface area contributed by atoms with Crippen LogP contribution >= 0.6 is 0 Å². The van der Waals surface area contributed by atoms with Crippen molar-refractivity contribution in [2.75, 3.05) is 32.8 Å². The number of likely N-dealkylation sites (tertiary alicyclic amines) is 1. The van der Waals surface area contributed by atoms with Crippen molar-refractivity contribution < 1.29 is 14.4 Å². The van der Waals surface area contributed by atoms with Crippen molar-refractivity contribution in [1.29, 1.82) is 0 Å². The molecule has 1 spiro atoms. The SMILES string of the molecule is O=[N+]([O-])c1ccccc1C=CCN1CCCC2(C1)OCCO2. The molecule has 118 valence electrons. The highest BCUT2D eigenvalue weighted by Crippen LogP contribution is 2.30. The Morgan fingerprint density at radius 3 is 2.86 bits per heavy atom. The Kier molecular flexibility index (Phi) is 4.52. The third kappa shape index (κ3) is 3.35. The number of nitrogens with zero attached hydrogens (tertiary/aromatic N) is 2. The highest BCUT2D eigenvalue weighted by atomic mass is 16.7. The summed E-state index contributed by atoms with van der Waals surface area (Å²) < 4.78 is 11.5. The molecule has 0 N–H and O–H groups in total. The normalized spacial score (nSPS) is 21.6. The van der Waals surface area contributed by atoms with E-state index in [0.29, 0.717) is 18.8 Å². The lowest BCUT2D eigenvalue weighted by molar-refractivity contribution is -0.385. The molecule has 2 saturated heterocycles. The van der Waals surface area contributed by atoms with Crippen LogP contribution in [0.4, 0.5) is 5.69 Å². The predicted octanol–water partition coefficient (Wildman–Crippen LogP) is 2.45. The van der Waals surface area contributed by atoms with Gasteiger partial charge in [0.05, 0.1) is 30.2 Å². The first-order valence-corrected chi connectivity index (χ1v) is 7.59. The van der Waals surface area contributed by atoms with Crippen LogP contribution in [0.3, 0.4) is 0 Å². The van der Waals surface area contributed by atoms with E-state index in [1.807, 2.05) is 18.2 Å². The minimum absolute atomic E-state index is 0.135. The zero-order valence-corrected chi connectivity index (χ0v) is 12.4. The monoisotopic (exact) mass is 304 g/mol. The summed E-state index contributed by atoms with van der Waals surface area (Å²) in [5, 5.41) is 11.0. The summed E-state index contributed by atoms with van der Waals surface area (Å²) in [6.07, 6.45) is 5.77. The van der Waals surface area contributed by atoms with E-state index >= 15 is 0 Å². The number of ether oxygens (including phenoxy) is 2. The van der Waals surface area contributed by atoms with Gasteiger partial charge < -0.3 is 9.47 Å². The predicted molar refractivity (Wildman–Crippen MR) is 82.4 cm³/mol. The number of rotatable bonds is 4. The highest BCUT2D eigenvalue weighted by Gasteiger charge is 2.40. The lowest BCUT2D eigenvalue weighted by atomic mass is 10.0. The van der Waals surface area contributed by atoms with Gasteiger partial charge in [-0.3, -0.25) is 15.0 Å². The first-order valence-electron chi connectivity index (χ1n) is 7.59. The second kappa shape index (κ2) is 6.56. The van der Waals surface area contributed by atoms with Crippen LogP contribution in [0.15, 0.2) is 30.3 Å². The fourth-order valence-corrected chi connectivity index (χ4v) is 3.08. The van der Waals surface area contributed by atoms with Gasteiger partial charge in [0.15, 0.2) is 5.79 Å². The van der Waals surface area contributed by atoms with E-state index in [4.69, 9.17) is 9.47 Å². The maximum Gasteiger partial charge on any atom is 0.276 e. The fraction of sp³-hybridized carbons (Fsp3) is 0.500. The van der Waals surface area contributed by atoms with E-state index in [-0.39, 0.29) is 10.6 Å². The topological polar surface area (TPSA) is 64.8 Å². The molecule has 0 amide bonds. The van der Waals surface area contributed by atoms with E-state index in [9.17, 15) is 10.1 Å². The second-order valence-electron chi connectivity index (χ2n) is 5.66. The number of piperidine rings is 1. The van der Waals surface area contributed by atoms with Gasteiger partial charge in [0.1, 0.15) is 0 Å². The molecular weight excluding hydrogens is 284 g/mol. The fourth-order valence-electron chi connectivity index (χ4n) is 3.08. The van der Waals surface area contributed by atoms with Crippen molar-refractivity contribution in [3.05, 3.63) is 46.0 Å². The minimum atomic E-state index is -0.426. The van der Waals surface area contributed by atoms with E-state index in [1.54, 1.807) is 12.1 Å². The van der Waals surface area contributed by atoms with Crippen LogP contribution in [0.25, 0.3) is 6.08 Å². The Labute approximate surface area is 129 Å². The Morgan fingerprint density at radius 1 is 1.32 bits per heavy atom. The zero-order valence-electron chi connectivity index (χ0n) is 12.4. The van der Waals surface area contributed by atoms with Gasteiger partial charge in [-0.25, -0.2) is 0 Å². The number of hydrogen-bond acceptors (Lipinski definition) is 5. The molecule has 0 atom stereocenters. The summed E-state index contributed by atoms with van der Waals surface area (Å²) in [4.78, 5) is 12.9. The van der Waals surface area contributed by atoms with E-state index < -0.39 is 5.79 Å². The Balaban J connectivity index is 1.61. The molecule has 2 aliphatic rings. The molecule has 2 fully saturated rings. The smallest absolute Gasteiger partial charge is 0.276 e. The average Bonchev–Trinajstić information content (AvgIpc) is 2.95. The molecule has 0 aromatic heterocycles. The van der Waals surface area contributed by atoms with Crippen molar-refractivity contribution in [3.8, 4) is 0 Å². The van der Waals surface area contributed by atoms with Crippen LogP contribution in [0.2, 0.25) is 0 Å². The third-order valence-electron chi connectivity index (χ3n) is 4.10. The summed E-state index contributed by atoms with van der Waals surface area (Å²) in [6, 6.07) is 6.77. The van der Waals surface area contributed by atoms with Gasteiger partial charge in [-0.05, 0) is 19.0 Å². The van der Waals surface area contributed by atoms with Gasteiger partial charge in [0, 0.05) is 19.0 Å². The van der Waals surface area contributed by atoms with Gasteiger partial charge in [-0.15, -0.1) is 0 Å². The first kappa shape index (κ1) is 15.1. The summed E-state index contributed by atoms with van der Waals surface area (Å²) in [6.45, 7) is 3.82. The molecule has 1 aromatic rings. The quantitative estimate of drug-likeness (QED) is 0.631. The van der Waals surface area contributed by atoms with Crippen molar-refractivity contribution in [1.82, 2.24) is 4.90 Å². The Hall–Kier alpha value is -1.76. The molecular formula is C16H20N2O4. The molecule has 6 nitrogen and oxygen atoms in total. The highest BCUT2D eigenvalue weighted by molar-refractivity contribution is 5.60. The maximum absolute atomic E-state index is 11.0. The van der Waals surface area contributed by atoms with Gasteiger partial charge in [-0.1, -0.05) is 24.3 Å². The van der Waals surface area contributed by atoms with Gasteiger partial charge in [-0.2, -0.15) is 0 Å². The molecule has 0 radical (unpaired) electrons. The summed E-state index contributed by atoms with van der Waals surface area (Å²) >= 11 is 0. The maximum atomic E-state index is 11.0. The van der Waals surface area contributed by atoms with Gasteiger partial charge in [0.2, 0.25) is 0 Å².